The molecule has 0 atom stereocenters. The number of alkyl halides is 3. The fourth-order valence-corrected chi connectivity index (χ4v) is 2.16. The maximum atomic E-state index is 13.0. The van der Waals surface area contributed by atoms with E-state index in [4.69, 9.17) is 5.73 Å². The van der Waals surface area contributed by atoms with Crippen molar-refractivity contribution in [3.63, 3.8) is 0 Å². The summed E-state index contributed by atoms with van der Waals surface area (Å²) >= 11 is 0. The third kappa shape index (κ3) is 2.83. The Bertz CT molecular complexity index is 833. The molecule has 0 fully saturated rings. The van der Waals surface area contributed by atoms with Crippen LogP contribution in [0.5, 0.6) is 0 Å². The van der Waals surface area contributed by atoms with E-state index < -0.39 is 17.8 Å². The first-order chi connectivity index (χ1) is 10.9. The molecule has 0 spiro atoms. The van der Waals surface area contributed by atoms with Gasteiger partial charge in [0.05, 0.1) is 17.1 Å². The fraction of sp³-hybridized carbons (Fsp3) is 0.0667. The van der Waals surface area contributed by atoms with Crippen molar-refractivity contribution >= 4 is 5.91 Å². The van der Waals surface area contributed by atoms with Crippen molar-refractivity contribution in [2.75, 3.05) is 0 Å². The van der Waals surface area contributed by atoms with Crippen LogP contribution in [0.4, 0.5) is 13.2 Å². The average Bonchev–Trinajstić information content (AvgIpc) is 3.15. The van der Waals surface area contributed by atoms with Crippen LogP contribution in [0.2, 0.25) is 0 Å². The topological polar surface area (TPSA) is 76.7 Å². The van der Waals surface area contributed by atoms with Gasteiger partial charge in [0.15, 0.2) is 5.69 Å². The van der Waals surface area contributed by atoms with E-state index in [-0.39, 0.29) is 11.3 Å². The molecule has 2 heterocycles. The number of aromatic nitrogens is 3. The Kier molecular flexibility index (Phi) is 3.44. The Morgan fingerprint density at radius 1 is 1.17 bits per heavy atom. The molecule has 8 heteroatoms. The van der Waals surface area contributed by atoms with Crippen LogP contribution in [0.1, 0.15) is 16.1 Å². The summed E-state index contributed by atoms with van der Waals surface area (Å²) in [4.78, 5) is 13.9. The van der Waals surface area contributed by atoms with E-state index in [0.29, 0.717) is 11.4 Å². The van der Waals surface area contributed by atoms with Crippen molar-refractivity contribution in [3.8, 4) is 17.1 Å². The summed E-state index contributed by atoms with van der Waals surface area (Å²) in [5.74, 6) is -0.613. The van der Waals surface area contributed by atoms with Crippen molar-refractivity contribution in [3.05, 3.63) is 59.9 Å². The van der Waals surface area contributed by atoms with Gasteiger partial charge in [-0.15, -0.1) is 0 Å². The number of hydrogen-bond acceptors (Lipinski definition) is 2. The molecular weight excluding hydrogens is 309 g/mol. The van der Waals surface area contributed by atoms with E-state index in [2.05, 4.69) is 10.1 Å². The molecule has 3 aromatic rings. The van der Waals surface area contributed by atoms with Gasteiger partial charge < -0.3 is 10.7 Å². The average molecular weight is 320 g/mol. The molecule has 0 radical (unpaired) electrons. The van der Waals surface area contributed by atoms with Crippen molar-refractivity contribution in [1.29, 1.82) is 0 Å². The lowest BCUT2D eigenvalue weighted by Gasteiger charge is -2.07. The van der Waals surface area contributed by atoms with Gasteiger partial charge in [0.25, 0.3) is 0 Å². The predicted octanol–water partition coefficient (Wildman–Crippen LogP) is 2.99. The van der Waals surface area contributed by atoms with E-state index in [0.717, 1.165) is 6.07 Å². The molecule has 0 aliphatic rings. The normalized spacial score (nSPS) is 11.6. The molecule has 1 amide bonds. The number of carbonyl (C=O) groups is 1. The number of rotatable bonds is 3. The minimum Gasteiger partial charge on any atom is -0.366 e. The van der Waals surface area contributed by atoms with Gasteiger partial charge in [0.2, 0.25) is 5.91 Å². The molecule has 3 N–H and O–H groups in total. The van der Waals surface area contributed by atoms with Gasteiger partial charge in [0.1, 0.15) is 0 Å². The third-order valence-corrected chi connectivity index (χ3v) is 3.27. The number of benzene rings is 1. The van der Waals surface area contributed by atoms with Gasteiger partial charge >= 0.3 is 6.18 Å². The van der Waals surface area contributed by atoms with Gasteiger partial charge in [-0.1, -0.05) is 0 Å². The second kappa shape index (κ2) is 5.31. The lowest BCUT2D eigenvalue weighted by Crippen LogP contribution is -2.11. The number of aromatic amines is 1. The number of halogens is 3. The zero-order chi connectivity index (χ0) is 16.6. The lowest BCUT2D eigenvalue weighted by molar-refractivity contribution is -0.141. The molecule has 0 unspecified atom stereocenters. The van der Waals surface area contributed by atoms with Crippen LogP contribution in [-0.2, 0) is 6.18 Å². The number of nitrogens with one attached hydrogen (secondary N) is 1. The van der Waals surface area contributed by atoms with E-state index in [1.54, 1.807) is 18.3 Å². The molecule has 2 aromatic heterocycles. The first-order valence-corrected chi connectivity index (χ1v) is 6.57. The van der Waals surface area contributed by atoms with Gasteiger partial charge in [-0.05, 0) is 42.5 Å². The highest BCUT2D eigenvalue weighted by molar-refractivity contribution is 5.92. The second-order valence-corrected chi connectivity index (χ2v) is 4.82. The zero-order valence-electron chi connectivity index (χ0n) is 11.6. The van der Waals surface area contributed by atoms with Crippen molar-refractivity contribution in [2.45, 2.75) is 6.18 Å². The van der Waals surface area contributed by atoms with Crippen LogP contribution in [0.3, 0.4) is 0 Å². The van der Waals surface area contributed by atoms with Crippen molar-refractivity contribution < 1.29 is 18.0 Å². The van der Waals surface area contributed by atoms with Crippen LogP contribution in [-0.4, -0.2) is 20.7 Å². The predicted molar refractivity (Wildman–Crippen MR) is 76.9 cm³/mol. The molecule has 0 saturated carbocycles. The minimum atomic E-state index is -4.56. The zero-order valence-corrected chi connectivity index (χ0v) is 11.6. The van der Waals surface area contributed by atoms with Crippen LogP contribution in [0.15, 0.2) is 48.7 Å². The molecule has 0 bridgehead atoms. The van der Waals surface area contributed by atoms with Gasteiger partial charge in [-0.3, -0.25) is 4.79 Å². The number of amides is 1. The minimum absolute atomic E-state index is 0.258. The maximum Gasteiger partial charge on any atom is 0.435 e. The molecule has 5 nitrogen and oxygen atoms in total. The molecule has 1 aromatic carbocycles. The number of H-pyrrole nitrogens is 1. The lowest BCUT2D eigenvalue weighted by atomic mass is 10.2. The molecule has 0 aliphatic heterocycles. The standard InChI is InChI=1S/C15H11F3N4O/c16-15(17,18)13-8-12(11-2-1-7-20-11)22(21-13)10-5-3-9(4-6-10)14(19)23/h1-8,20H,(H2,19,23). The number of carbonyl (C=O) groups excluding carboxylic acids is 1. The van der Waals surface area contributed by atoms with Crippen LogP contribution in [0.25, 0.3) is 17.1 Å². The number of nitrogens with zero attached hydrogens (tertiary/aromatic N) is 2. The summed E-state index contributed by atoms with van der Waals surface area (Å²) < 4.78 is 40.1. The quantitative estimate of drug-likeness (QED) is 0.778. The monoisotopic (exact) mass is 320 g/mol. The van der Waals surface area contributed by atoms with Crippen LogP contribution < -0.4 is 5.73 Å². The Morgan fingerprint density at radius 3 is 2.39 bits per heavy atom. The first kappa shape index (κ1) is 14.9. The SMILES string of the molecule is NC(=O)c1ccc(-n2nc(C(F)(F)F)cc2-c2ccc[nH]2)cc1. The summed E-state index contributed by atoms with van der Waals surface area (Å²) in [5.41, 5.74) is 5.55. The number of hydrogen-bond donors (Lipinski definition) is 2. The molecule has 0 aliphatic carbocycles. The summed E-state index contributed by atoms with van der Waals surface area (Å²) in [7, 11) is 0. The second-order valence-electron chi connectivity index (χ2n) is 4.82. The first-order valence-electron chi connectivity index (χ1n) is 6.57. The van der Waals surface area contributed by atoms with Crippen molar-refractivity contribution in [1.82, 2.24) is 14.8 Å². The van der Waals surface area contributed by atoms with E-state index >= 15 is 0 Å². The fourth-order valence-electron chi connectivity index (χ4n) is 2.16. The largest absolute Gasteiger partial charge is 0.435 e. The highest BCUT2D eigenvalue weighted by Crippen LogP contribution is 2.32. The van der Waals surface area contributed by atoms with Gasteiger partial charge in [0, 0.05) is 11.8 Å². The Labute approximate surface area is 128 Å². The molecule has 3 rings (SSSR count). The van der Waals surface area contributed by atoms with Crippen LogP contribution in [0, 0.1) is 0 Å². The highest BCUT2D eigenvalue weighted by Gasteiger charge is 2.35. The summed E-state index contributed by atoms with van der Waals surface area (Å²) in [6, 6.07) is 10.1. The Balaban J connectivity index is 2.13. The highest BCUT2D eigenvalue weighted by atomic mass is 19.4. The molecular formula is C15H11F3N4O. The Hall–Kier alpha value is -3.03. The van der Waals surface area contributed by atoms with Gasteiger partial charge in [-0.2, -0.15) is 18.3 Å². The van der Waals surface area contributed by atoms with Crippen molar-refractivity contribution in [2.24, 2.45) is 5.73 Å². The van der Waals surface area contributed by atoms with E-state index in [1.165, 1.54) is 28.9 Å². The summed E-state index contributed by atoms with van der Waals surface area (Å²) in [6.07, 6.45) is -2.95. The smallest absolute Gasteiger partial charge is 0.366 e. The van der Waals surface area contributed by atoms with E-state index in [1.807, 2.05) is 0 Å². The molecule has 118 valence electrons. The number of primary amides is 1. The van der Waals surface area contributed by atoms with Crippen LogP contribution >= 0.6 is 0 Å². The molecule has 23 heavy (non-hydrogen) atoms. The molecule has 0 saturated heterocycles. The number of nitrogens with two attached hydrogens (primary N) is 1. The maximum absolute atomic E-state index is 13.0. The van der Waals surface area contributed by atoms with Gasteiger partial charge in [-0.25, -0.2) is 4.68 Å². The third-order valence-electron chi connectivity index (χ3n) is 3.27. The Morgan fingerprint density at radius 2 is 1.87 bits per heavy atom. The summed E-state index contributed by atoms with van der Waals surface area (Å²) in [5, 5.41) is 3.64. The van der Waals surface area contributed by atoms with E-state index in [9.17, 15) is 18.0 Å². The summed E-state index contributed by atoms with van der Waals surface area (Å²) in [6.45, 7) is 0.